The molecule has 2 nitrogen and oxygen atoms in total. The van der Waals surface area contributed by atoms with Crippen LogP contribution in [0.25, 0.3) is 0 Å². The highest BCUT2D eigenvalue weighted by atomic mass is 16.5. The molecule has 1 aliphatic carbocycles. The standard InChI is InChI=1S/C15H23NO/c1-13-6-4-9-15(12-13)17-11-5-10-16-14-7-2-3-8-14/h4,6,9,12,14,16H,2-3,5,7-8,10-11H2,1H3. The molecule has 1 aromatic carbocycles. The molecule has 0 bridgehead atoms. The van der Waals surface area contributed by atoms with Gasteiger partial charge in [-0.05, 0) is 50.4 Å². The monoisotopic (exact) mass is 233 g/mol. The fourth-order valence-corrected chi connectivity index (χ4v) is 2.40. The van der Waals surface area contributed by atoms with E-state index in [-0.39, 0.29) is 0 Å². The lowest BCUT2D eigenvalue weighted by Crippen LogP contribution is -2.27. The van der Waals surface area contributed by atoms with Crippen LogP contribution < -0.4 is 10.1 Å². The van der Waals surface area contributed by atoms with E-state index in [2.05, 4.69) is 24.4 Å². The molecule has 0 spiro atoms. The zero-order valence-electron chi connectivity index (χ0n) is 10.7. The van der Waals surface area contributed by atoms with Gasteiger partial charge in [0.05, 0.1) is 6.61 Å². The lowest BCUT2D eigenvalue weighted by molar-refractivity contribution is 0.304. The molecule has 2 rings (SSSR count). The first-order chi connectivity index (χ1) is 8.34. The fraction of sp³-hybridized carbons (Fsp3) is 0.600. The number of ether oxygens (including phenoxy) is 1. The molecule has 1 fully saturated rings. The van der Waals surface area contributed by atoms with Gasteiger partial charge in [0.2, 0.25) is 0 Å². The summed E-state index contributed by atoms with van der Waals surface area (Å²) in [5.74, 6) is 0.992. The van der Waals surface area contributed by atoms with Gasteiger partial charge in [0.15, 0.2) is 0 Å². The first kappa shape index (κ1) is 12.4. The second-order valence-corrected chi connectivity index (χ2v) is 4.95. The Hall–Kier alpha value is -1.02. The normalized spacial score (nSPS) is 16.3. The Bertz CT molecular complexity index is 331. The van der Waals surface area contributed by atoms with Crippen molar-refractivity contribution in [1.29, 1.82) is 0 Å². The van der Waals surface area contributed by atoms with E-state index in [4.69, 9.17) is 4.74 Å². The molecule has 1 N–H and O–H groups in total. The number of hydrogen-bond donors (Lipinski definition) is 1. The molecule has 0 aliphatic heterocycles. The van der Waals surface area contributed by atoms with E-state index in [0.29, 0.717) is 0 Å². The third-order valence-corrected chi connectivity index (χ3v) is 3.37. The van der Waals surface area contributed by atoms with Crippen molar-refractivity contribution in [2.45, 2.75) is 45.1 Å². The van der Waals surface area contributed by atoms with Gasteiger partial charge in [-0.2, -0.15) is 0 Å². The summed E-state index contributed by atoms with van der Waals surface area (Å²) >= 11 is 0. The van der Waals surface area contributed by atoms with Gasteiger partial charge in [0.25, 0.3) is 0 Å². The Labute approximate surface area is 104 Å². The van der Waals surface area contributed by atoms with Gasteiger partial charge in [-0.25, -0.2) is 0 Å². The smallest absolute Gasteiger partial charge is 0.119 e. The van der Waals surface area contributed by atoms with E-state index in [0.717, 1.165) is 31.4 Å². The zero-order valence-corrected chi connectivity index (χ0v) is 10.7. The average Bonchev–Trinajstić information content (AvgIpc) is 2.82. The van der Waals surface area contributed by atoms with Crippen molar-refractivity contribution in [3.8, 4) is 5.75 Å². The number of rotatable bonds is 6. The van der Waals surface area contributed by atoms with Crippen LogP contribution in [0.3, 0.4) is 0 Å². The van der Waals surface area contributed by atoms with Gasteiger partial charge in [-0.3, -0.25) is 0 Å². The Morgan fingerprint density at radius 3 is 2.88 bits per heavy atom. The molecule has 0 aromatic heterocycles. The summed E-state index contributed by atoms with van der Waals surface area (Å²) in [5, 5.41) is 3.60. The van der Waals surface area contributed by atoms with E-state index in [1.54, 1.807) is 0 Å². The number of benzene rings is 1. The highest BCUT2D eigenvalue weighted by Gasteiger charge is 2.13. The van der Waals surface area contributed by atoms with Crippen LogP contribution in [0.15, 0.2) is 24.3 Å². The van der Waals surface area contributed by atoms with Crippen LogP contribution in [0.1, 0.15) is 37.7 Å². The fourth-order valence-electron chi connectivity index (χ4n) is 2.40. The minimum Gasteiger partial charge on any atom is -0.494 e. The van der Waals surface area contributed by atoms with E-state index < -0.39 is 0 Å². The van der Waals surface area contributed by atoms with Crippen molar-refractivity contribution in [3.05, 3.63) is 29.8 Å². The molecule has 1 saturated carbocycles. The van der Waals surface area contributed by atoms with E-state index in [1.807, 2.05) is 12.1 Å². The van der Waals surface area contributed by atoms with E-state index in [9.17, 15) is 0 Å². The summed E-state index contributed by atoms with van der Waals surface area (Å²) in [6, 6.07) is 9.02. The Balaban J connectivity index is 1.56. The maximum atomic E-state index is 5.71. The lowest BCUT2D eigenvalue weighted by atomic mass is 10.2. The van der Waals surface area contributed by atoms with Crippen molar-refractivity contribution < 1.29 is 4.74 Å². The van der Waals surface area contributed by atoms with Gasteiger partial charge in [0, 0.05) is 6.04 Å². The topological polar surface area (TPSA) is 21.3 Å². The van der Waals surface area contributed by atoms with Crippen LogP contribution in [-0.4, -0.2) is 19.2 Å². The molecular formula is C15H23NO. The highest BCUT2D eigenvalue weighted by Crippen LogP contribution is 2.17. The van der Waals surface area contributed by atoms with Crippen molar-refractivity contribution in [2.24, 2.45) is 0 Å². The van der Waals surface area contributed by atoms with Crippen LogP contribution >= 0.6 is 0 Å². The molecule has 0 amide bonds. The molecule has 1 aromatic rings. The first-order valence-corrected chi connectivity index (χ1v) is 6.77. The molecule has 2 heteroatoms. The maximum absolute atomic E-state index is 5.71. The minimum atomic E-state index is 0.772. The summed E-state index contributed by atoms with van der Waals surface area (Å²) in [5.41, 5.74) is 1.26. The number of hydrogen-bond acceptors (Lipinski definition) is 2. The van der Waals surface area contributed by atoms with Crippen molar-refractivity contribution in [3.63, 3.8) is 0 Å². The van der Waals surface area contributed by atoms with Crippen molar-refractivity contribution >= 4 is 0 Å². The third-order valence-electron chi connectivity index (χ3n) is 3.37. The predicted octanol–water partition coefficient (Wildman–Crippen LogP) is 3.30. The molecule has 17 heavy (non-hydrogen) atoms. The molecule has 0 atom stereocenters. The summed E-state index contributed by atoms with van der Waals surface area (Å²) in [7, 11) is 0. The molecular weight excluding hydrogens is 210 g/mol. The van der Waals surface area contributed by atoms with Gasteiger partial charge in [-0.1, -0.05) is 25.0 Å². The third kappa shape index (κ3) is 4.39. The van der Waals surface area contributed by atoms with Crippen LogP contribution in [0.5, 0.6) is 5.75 Å². The summed E-state index contributed by atoms with van der Waals surface area (Å²) in [6.07, 6.45) is 6.61. The van der Waals surface area contributed by atoms with Gasteiger partial charge in [0.1, 0.15) is 5.75 Å². The summed E-state index contributed by atoms with van der Waals surface area (Å²) in [4.78, 5) is 0. The van der Waals surface area contributed by atoms with E-state index in [1.165, 1.54) is 31.2 Å². The molecule has 1 aliphatic rings. The molecule has 94 valence electrons. The Kier molecular flexibility index (Phi) is 4.87. The van der Waals surface area contributed by atoms with Crippen LogP contribution in [-0.2, 0) is 0 Å². The van der Waals surface area contributed by atoms with Crippen LogP contribution in [0.2, 0.25) is 0 Å². The Morgan fingerprint density at radius 1 is 1.29 bits per heavy atom. The molecule has 0 saturated heterocycles. The number of aryl methyl sites for hydroxylation is 1. The average molecular weight is 233 g/mol. The van der Waals surface area contributed by atoms with Crippen LogP contribution in [0.4, 0.5) is 0 Å². The zero-order chi connectivity index (χ0) is 11.9. The molecule has 0 radical (unpaired) electrons. The van der Waals surface area contributed by atoms with Crippen molar-refractivity contribution in [2.75, 3.05) is 13.2 Å². The second-order valence-electron chi connectivity index (χ2n) is 4.95. The largest absolute Gasteiger partial charge is 0.494 e. The summed E-state index contributed by atoms with van der Waals surface area (Å²) in [6.45, 7) is 3.98. The highest BCUT2D eigenvalue weighted by molar-refractivity contribution is 5.27. The quantitative estimate of drug-likeness (QED) is 0.761. The first-order valence-electron chi connectivity index (χ1n) is 6.77. The van der Waals surface area contributed by atoms with Gasteiger partial charge in [-0.15, -0.1) is 0 Å². The number of nitrogens with one attached hydrogen (secondary N) is 1. The minimum absolute atomic E-state index is 0.772. The molecule has 0 unspecified atom stereocenters. The second kappa shape index (κ2) is 6.65. The van der Waals surface area contributed by atoms with Crippen molar-refractivity contribution in [1.82, 2.24) is 5.32 Å². The summed E-state index contributed by atoms with van der Waals surface area (Å²) < 4.78 is 5.71. The van der Waals surface area contributed by atoms with Gasteiger partial charge >= 0.3 is 0 Å². The van der Waals surface area contributed by atoms with Gasteiger partial charge < -0.3 is 10.1 Å². The molecule has 0 heterocycles. The SMILES string of the molecule is Cc1cccc(OCCCNC2CCCC2)c1. The lowest BCUT2D eigenvalue weighted by Gasteiger charge is -2.12. The predicted molar refractivity (Wildman–Crippen MR) is 71.5 cm³/mol. The van der Waals surface area contributed by atoms with Crippen LogP contribution in [0, 0.1) is 6.92 Å². The maximum Gasteiger partial charge on any atom is 0.119 e. The van der Waals surface area contributed by atoms with E-state index >= 15 is 0 Å². The Morgan fingerprint density at radius 2 is 2.12 bits per heavy atom.